The first kappa shape index (κ1) is 51.9. The summed E-state index contributed by atoms with van der Waals surface area (Å²) in [6.45, 7) is 12.3. The fraction of sp³-hybridized carbons (Fsp3) is 0.448. The Hall–Kier alpha value is -6.53. The van der Waals surface area contributed by atoms with E-state index in [2.05, 4.69) is 80.0 Å². The molecular weight excluding hydrogens is 969 g/mol. The molecule has 2 saturated heterocycles. The third kappa shape index (κ3) is 11.4. The number of fused-ring (bicyclic) bond motifs is 1. The lowest BCUT2D eigenvalue weighted by Gasteiger charge is -2.58. The number of hydrogen-bond acceptors (Lipinski definition) is 13. The number of pyridine rings is 1. The van der Waals surface area contributed by atoms with E-state index in [1.807, 2.05) is 55.1 Å². The molecule has 4 aromatic carbocycles. The molecule has 4 aliphatic rings. The van der Waals surface area contributed by atoms with Crippen LogP contribution in [0.3, 0.4) is 0 Å². The van der Waals surface area contributed by atoms with Crippen molar-refractivity contribution in [1.29, 1.82) is 0 Å². The van der Waals surface area contributed by atoms with Gasteiger partial charge >= 0.3 is 0 Å². The molecule has 2 aliphatic carbocycles. The van der Waals surface area contributed by atoms with Crippen LogP contribution in [0.2, 0.25) is 0 Å². The zero-order chi connectivity index (χ0) is 52.6. The molecule has 2 aliphatic heterocycles. The molecular formula is C58H70N8O8S. The van der Waals surface area contributed by atoms with Crippen molar-refractivity contribution in [2.45, 2.75) is 107 Å². The summed E-state index contributed by atoms with van der Waals surface area (Å²) in [5.41, 5.74) is 5.80. The summed E-state index contributed by atoms with van der Waals surface area (Å²) in [5, 5.41) is 25.7. The number of nitro groups is 1. The number of ether oxygens (including phenoxy) is 2. The highest BCUT2D eigenvalue weighted by Crippen LogP contribution is 2.53. The van der Waals surface area contributed by atoms with Gasteiger partial charge in [0, 0.05) is 95.0 Å². The molecule has 17 heteroatoms. The SMILES string of the molecule is COc1ccc(CN2CCN(C3CC4(CCN(c5ccc(C(=O)NS(=O)(=O)c6ccc(NC[C@H]7CC[C@](C)(O)CC7)c([N+](=O)[O-])c6)c(Oc6cnc7ccn(C)c7c6)c5)CC4)C3)C(c3ccccc3C(C)C)C2)cc1. The fourth-order valence-electron chi connectivity index (χ4n) is 12.1. The molecule has 0 radical (unpaired) electrons. The molecule has 75 heavy (non-hydrogen) atoms. The van der Waals surface area contributed by atoms with Gasteiger partial charge < -0.3 is 29.4 Å². The van der Waals surface area contributed by atoms with Gasteiger partial charge in [-0.25, -0.2) is 13.1 Å². The molecule has 16 nitrogen and oxygen atoms in total. The number of amides is 1. The van der Waals surface area contributed by atoms with Crippen LogP contribution < -0.4 is 24.4 Å². The predicted octanol–water partition coefficient (Wildman–Crippen LogP) is 10.2. The van der Waals surface area contributed by atoms with Gasteiger partial charge in [0.1, 0.15) is 22.9 Å². The van der Waals surface area contributed by atoms with E-state index in [1.165, 1.54) is 28.8 Å². The maximum Gasteiger partial charge on any atom is 0.293 e. The first-order chi connectivity index (χ1) is 35.9. The molecule has 2 saturated carbocycles. The number of aliphatic hydroxyl groups is 1. The summed E-state index contributed by atoms with van der Waals surface area (Å²) in [6.07, 6.45) is 10.6. The second-order valence-corrected chi connectivity index (χ2v) is 23.8. The normalized spacial score (nSPS) is 21.5. The minimum atomic E-state index is -4.59. The highest BCUT2D eigenvalue weighted by atomic mass is 32.2. The number of piperidine rings is 1. The van der Waals surface area contributed by atoms with Gasteiger partial charge in [-0.3, -0.25) is 29.7 Å². The van der Waals surface area contributed by atoms with Gasteiger partial charge in [0.25, 0.3) is 21.6 Å². The van der Waals surface area contributed by atoms with Gasteiger partial charge in [-0.15, -0.1) is 0 Å². The van der Waals surface area contributed by atoms with Gasteiger partial charge in [0.15, 0.2) is 0 Å². The molecule has 3 N–H and O–H groups in total. The maximum atomic E-state index is 14.2. The molecule has 1 unspecified atom stereocenters. The third-order valence-electron chi connectivity index (χ3n) is 16.7. The number of aromatic nitrogens is 2. The average Bonchev–Trinajstić information content (AvgIpc) is 3.76. The van der Waals surface area contributed by atoms with Crippen molar-refractivity contribution in [3.05, 3.63) is 142 Å². The number of hydrogen-bond donors (Lipinski definition) is 3. The van der Waals surface area contributed by atoms with E-state index >= 15 is 0 Å². The van der Waals surface area contributed by atoms with Gasteiger partial charge in [-0.2, -0.15) is 0 Å². The number of rotatable bonds is 16. The summed E-state index contributed by atoms with van der Waals surface area (Å²) in [6, 6.07) is 30.7. The molecule has 0 bridgehead atoms. The lowest BCUT2D eigenvalue weighted by atomic mass is 9.59. The molecule has 6 aromatic rings. The minimum absolute atomic E-state index is 0.0263. The monoisotopic (exact) mass is 1040 g/mol. The lowest BCUT2D eigenvalue weighted by molar-refractivity contribution is -0.384. The number of nitrogens with one attached hydrogen (secondary N) is 2. The number of methoxy groups -OCH3 is 1. The van der Waals surface area contributed by atoms with Crippen LogP contribution in [0.1, 0.15) is 111 Å². The third-order valence-corrected chi connectivity index (χ3v) is 18.0. The van der Waals surface area contributed by atoms with Crippen LogP contribution in [0.4, 0.5) is 17.1 Å². The first-order valence-corrected chi connectivity index (χ1v) is 27.9. The summed E-state index contributed by atoms with van der Waals surface area (Å²) >= 11 is 0. The average molecular weight is 1040 g/mol. The number of carbonyl (C=O) groups excluding carboxylic acids is 1. The Bertz CT molecular complexity index is 3150. The zero-order valence-electron chi connectivity index (χ0n) is 43.7. The number of carbonyl (C=O) groups is 1. The van der Waals surface area contributed by atoms with Crippen LogP contribution in [-0.2, 0) is 23.6 Å². The van der Waals surface area contributed by atoms with Gasteiger partial charge in [0.2, 0.25) is 0 Å². The van der Waals surface area contributed by atoms with E-state index in [-0.39, 0.29) is 28.3 Å². The summed E-state index contributed by atoms with van der Waals surface area (Å²) in [5.74, 6) is 1.05. The van der Waals surface area contributed by atoms with E-state index in [4.69, 9.17) is 9.47 Å². The zero-order valence-corrected chi connectivity index (χ0v) is 44.5. The Kier molecular flexibility index (Phi) is 14.7. The van der Waals surface area contributed by atoms with Crippen molar-refractivity contribution in [3.63, 3.8) is 0 Å². The van der Waals surface area contributed by atoms with Crippen LogP contribution in [-0.4, -0.2) is 102 Å². The van der Waals surface area contributed by atoms with Crippen molar-refractivity contribution < 1.29 is 32.7 Å². The molecule has 1 atom stereocenters. The topological polar surface area (TPSA) is 185 Å². The number of aryl methyl sites for hydroxylation is 1. The van der Waals surface area contributed by atoms with Gasteiger partial charge in [0.05, 0.1) is 45.3 Å². The number of sulfonamides is 1. The Balaban J connectivity index is 0.837. The first-order valence-electron chi connectivity index (χ1n) is 26.4. The van der Waals surface area contributed by atoms with Gasteiger partial charge in [-0.05, 0) is 135 Å². The molecule has 1 amide bonds. The van der Waals surface area contributed by atoms with Crippen LogP contribution in [0.15, 0.2) is 114 Å². The summed E-state index contributed by atoms with van der Waals surface area (Å²) < 4.78 is 43.7. The summed E-state index contributed by atoms with van der Waals surface area (Å²) in [4.78, 5) is 37.6. The lowest BCUT2D eigenvalue weighted by Crippen LogP contribution is -2.60. The Morgan fingerprint density at radius 2 is 1.67 bits per heavy atom. The van der Waals surface area contributed by atoms with Crippen molar-refractivity contribution in [1.82, 2.24) is 24.1 Å². The predicted molar refractivity (Wildman–Crippen MR) is 291 cm³/mol. The molecule has 10 rings (SSSR count). The van der Waals surface area contributed by atoms with Gasteiger partial charge in [-0.1, -0.05) is 50.2 Å². The number of benzene rings is 4. The molecule has 4 heterocycles. The molecule has 2 aromatic heterocycles. The smallest absolute Gasteiger partial charge is 0.293 e. The second kappa shape index (κ2) is 21.2. The van der Waals surface area contributed by atoms with E-state index in [0.717, 1.165) is 106 Å². The number of piperazine rings is 1. The number of nitrogens with zero attached hydrogens (tertiary/aromatic N) is 6. The van der Waals surface area contributed by atoms with Crippen LogP contribution >= 0.6 is 0 Å². The minimum Gasteiger partial charge on any atom is -0.497 e. The van der Waals surface area contributed by atoms with Crippen LogP contribution in [0.5, 0.6) is 17.2 Å². The molecule has 4 fully saturated rings. The highest BCUT2D eigenvalue weighted by Gasteiger charge is 2.50. The molecule has 396 valence electrons. The molecule has 1 spiro atoms. The number of anilines is 2. The quantitative estimate of drug-likeness (QED) is 0.0615. The fourth-order valence-corrected chi connectivity index (χ4v) is 13.1. The van der Waals surface area contributed by atoms with Crippen molar-refractivity contribution >= 4 is 44.0 Å². The van der Waals surface area contributed by atoms with Crippen molar-refractivity contribution in [2.75, 3.05) is 56.6 Å². The standard InChI is InChI=1S/C58H70N8O8S/c1-39(2)47-8-6-7-9-48(47)54-38-63(37-41-10-13-44(73-5)14-11-41)28-29-65(54)43-33-58(34-43)23-26-64(27-24-58)42-12-16-49(55(30-42)74-45-31-52-51(60-36-45)20-25-62(52)4)56(67)61-75(71,72)46-15-17-50(53(32-46)66(69)70)59-35-40-18-21-57(3,68)22-19-40/h6-17,20,25,30-32,36,39-40,43,54,59,68H,18-19,21-24,26-29,33-35,37-38H2,1-5H3,(H,61,67)/t40-,54?,57-. The van der Waals surface area contributed by atoms with E-state index in [9.17, 15) is 28.4 Å². The van der Waals surface area contributed by atoms with E-state index in [0.29, 0.717) is 43.1 Å². The Morgan fingerprint density at radius 3 is 2.39 bits per heavy atom. The second-order valence-electron chi connectivity index (χ2n) is 22.1. The van der Waals surface area contributed by atoms with Crippen molar-refractivity contribution in [2.24, 2.45) is 18.4 Å². The van der Waals surface area contributed by atoms with E-state index < -0.39 is 37.0 Å². The summed E-state index contributed by atoms with van der Waals surface area (Å²) in [7, 11) is -0.991. The Labute approximate surface area is 440 Å². The van der Waals surface area contributed by atoms with Crippen LogP contribution in [0, 0.1) is 21.4 Å². The van der Waals surface area contributed by atoms with E-state index in [1.54, 1.807) is 25.4 Å². The van der Waals surface area contributed by atoms with Crippen LogP contribution in [0.25, 0.3) is 11.0 Å². The largest absolute Gasteiger partial charge is 0.497 e. The maximum absolute atomic E-state index is 14.2. The Morgan fingerprint density at radius 1 is 0.920 bits per heavy atom. The number of nitro benzene ring substituents is 1. The highest BCUT2D eigenvalue weighted by molar-refractivity contribution is 7.90. The van der Waals surface area contributed by atoms with Crippen molar-refractivity contribution in [3.8, 4) is 17.2 Å².